The van der Waals surface area contributed by atoms with Gasteiger partial charge in [-0.2, -0.15) is 0 Å². The van der Waals surface area contributed by atoms with Crippen LogP contribution in [0.1, 0.15) is 6.42 Å². The first kappa shape index (κ1) is 32.4. The first-order valence-corrected chi connectivity index (χ1v) is 14.3. The van der Waals surface area contributed by atoms with Gasteiger partial charge in [0, 0.05) is 44.3 Å². The lowest BCUT2D eigenvalue weighted by atomic mass is 10.2. The molecule has 0 saturated heterocycles. The smallest absolute Gasteiger partial charge is 0.293 e. The number of nitrogens with one attached hydrogen (secondary N) is 3. The topological polar surface area (TPSA) is 81.6 Å². The highest BCUT2D eigenvalue weighted by Crippen LogP contribution is 2.43. The van der Waals surface area contributed by atoms with Crippen molar-refractivity contribution in [2.45, 2.75) is 12.2 Å². The molecule has 1 aromatic heterocycles. The second kappa shape index (κ2) is 13.7. The third-order valence-electron chi connectivity index (χ3n) is 6.94. The maximum absolute atomic E-state index is 14.4. The van der Waals surface area contributed by atoms with Crippen molar-refractivity contribution < 1.29 is 26.5 Å². The minimum Gasteiger partial charge on any atom is -1.00 e. The molecule has 1 unspecified atom stereocenters. The van der Waals surface area contributed by atoms with Gasteiger partial charge in [-0.3, -0.25) is 9.59 Å². The highest BCUT2D eigenvalue weighted by Gasteiger charge is 2.50. The van der Waals surface area contributed by atoms with Gasteiger partial charge in [0.15, 0.2) is 0 Å². The quantitative estimate of drug-likeness (QED) is 0.211. The first-order valence-electron chi connectivity index (χ1n) is 13.3. The van der Waals surface area contributed by atoms with Gasteiger partial charge in [0.25, 0.3) is 11.7 Å². The van der Waals surface area contributed by atoms with Gasteiger partial charge in [-0.15, -0.1) is 23.2 Å². The zero-order valence-corrected chi connectivity index (χ0v) is 26.1. The van der Waals surface area contributed by atoms with E-state index in [1.807, 2.05) is 81.6 Å². The summed E-state index contributed by atoms with van der Waals surface area (Å²) in [5.74, 6) is -0.863. The molecule has 41 heavy (non-hydrogen) atoms. The van der Waals surface area contributed by atoms with Crippen molar-refractivity contribution in [3.05, 3.63) is 67.0 Å². The summed E-state index contributed by atoms with van der Waals surface area (Å²) in [6.45, 7) is 1.89. The van der Waals surface area contributed by atoms with Crippen LogP contribution in [0.3, 0.4) is 0 Å². The summed E-state index contributed by atoms with van der Waals surface area (Å²) in [5, 5.41) is 9.58. The van der Waals surface area contributed by atoms with E-state index in [-0.39, 0.29) is 24.2 Å². The standard InChI is InChI=1S/C29H37Cl2N7O2.ClH/c1-35-25-11-7-6-10-24(25)34-29(35,37-17-13-22(21-37)32-27(39)14-20-38(2,3)4)28(40)33-23-9-5-8-12-26(23)36(18-15-30)19-16-31;/h5-13,17,21,34H,14-16,18-20H2,1-4H3,(H-,32,33,39,40);1H. The normalized spacial score (nSPS) is 15.9. The number of carbonyl (C=O) groups excluding carboxylic acids is 2. The number of anilines is 5. The number of nitrogens with zero attached hydrogens (tertiary/aromatic N) is 4. The number of fused-ring (bicyclic) bond motifs is 1. The van der Waals surface area contributed by atoms with Crippen molar-refractivity contribution in [1.82, 2.24) is 4.57 Å². The monoisotopic (exact) mass is 621 g/mol. The Morgan fingerprint density at radius 3 is 2.29 bits per heavy atom. The minimum atomic E-state index is -1.34. The van der Waals surface area contributed by atoms with E-state index >= 15 is 0 Å². The van der Waals surface area contributed by atoms with Gasteiger partial charge in [-0.25, -0.2) is 0 Å². The largest absolute Gasteiger partial charge is 1.00 e. The summed E-state index contributed by atoms with van der Waals surface area (Å²) in [5.41, 5.74) is 3.79. The average Bonchev–Trinajstić information content (AvgIpc) is 3.50. The molecule has 2 amide bonds. The van der Waals surface area contributed by atoms with Gasteiger partial charge in [-0.05, 0) is 30.3 Å². The van der Waals surface area contributed by atoms with Crippen molar-refractivity contribution >= 4 is 63.5 Å². The Hall–Kier alpha value is -3.11. The van der Waals surface area contributed by atoms with Gasteiger partial charge < -0.3 is 47.2 Å². The Morgan fingerprint density at radius 1 is 0.976 bits per heavy atom. The highest BCUT2D eigenvalue weighted by molar-refractivity contribution is 6.18. The number of quaternary nitrogens is 1. The number of halogens is 3. The Morgan fingerprint density at radius 2 is 1.63 bits per heavy atom. The second-order valence-electron chi connectivity index (χ2n) is 10.8. The molecular formula is C29H38Cl3N7O2. The second-order valence-corrected chi connectivity index (χ2v) is 11.6. The summed E-state index contributed by atoms with van der Waals surface area (Å²) in [6, 6.07) is 17.2. The van der Waals surface area contributed by atoms with Crippen molar-refractivity contribution in [3.8, 4) is 0 Å². The molecule has 3 aromatic rings. The third-order valence-corrected chi connectivity index (χ3v) is 7.28. The average molecular weight is 623 g/mol. The van der Waals surface area contributed by atoms with Gasteiger partial charge in [-0.1, -0.05) is 24.3 Å². The molecule has 1 aliphatic heterocycles. The summed E-state index contributed by atoms with van der Waals surface area (Å²) < 4.78 is 2.48. The van der Waals surface area contributed by atoms with Crippen molar-refractivity contribution in [2.75, 3.05) is 85.3 Å². The Balaban J connectivity index is 0.00000462. The predicted octanol–water partition coefficient (Wildman–Crippen LogP) is 1.62. The van der Waals surface area contributed by atoms with Gasteiger partial charge >= 0.3 is 0 Å². The first-order chi connectivity index (χ1) is 19.1. The number of para-hydroxylation sites is 4. The predicted molar refractivity (Wildman–Crippen MR) is 166 cm³/mol. The minimum absolute atomic E-state index is 0. The lowest BCUT2D eigenvalue weighted by Gasteiger charge is -2.37. The van der Waals surface area contributed by atoms with Crippen LogP contribution in [-0.2, 0) is 15.4 Å². The zero-order valence-electron chi connectivity index (χ0n) is 23.8. The lowest BCUT2D eigenvalue weighted by Crippen LogP contribution is -3.00. The number of benzene rings is 2. The molecule has 12 heteroatoms. The van der Waals surface area contributed by atoms with E-state index in [0.717, 1.165) is 17.1 Å². The maximum atomic E-state index is 14.4. The molecule has 0 aliphatic carbocycles. The molecule has 1 aliphatic rings. The van der Waals surface area contributed by atoms with Crippen molar-refractivity contribution in [1.29, 1.82) is 0 Å². The van der Waals surface area contributed by atoms with Crippen LogP contribution >= 0.6 is 23.2 Å². The Labute approximate surface area is 258 Å². The molecule has 1 atom stereocenters. The molecule has 0 spiro atoms. The van der Waals surface area contributed by atoms with Gasteiger partial charge in [0.2, 0.25) is 5.91 Å². The third kappa shape index (κ3) is 7.22. The van der Waals surface area contributed by atoms with Gasteiger partial charge in [0.05, 0.1) is 62.5 Å². The fraction of sp³-hybridized carbons (Fsp3) is 0.379. The van der Waals surface area contributed by atoms with E-state index < -0.39 is 5.79 Å². The number of hydrogen-bond donors (Lipinski definition) is 3. The molecule has 4 rings (SSSR count). The lowest BCUT2D eigenvalue weighted by molar-refractivity contribution is -0.869. The highest BCUT2D eigenvalue weighted by atomic mass is 35.5. The molecule has 222 valence electrons. The number of amides is 2. The van der Waals surface area contributed by atoms with E-state index in [4.69, 9.17) is 23.2 Å². The summed E-state index contributed by atoms with van der Waals surface area (Å²) >= 11 is 12.1. The van der Waals surface area contributed by atoms with Crippen LogP contribution in [0.4, 0.5) is 28.4 Å². The molecule has 0 bridgehead atoms. The number of hydrogen-bond acceptors (Lipinski definition) is 5. The van der Waals surface area contributed by atoms with E-state index in [1.54, 1.807) is 23.0 Å². The van der Waals surface area contributed by atoms with Crippen LogP contribution in [0.5, 0.6) is 0 Å². The Bertz CT molecular complexity index is 1340. The molecule has 0 radical (unpaired) electrons. The fourth-order valence-corrected chi connectivity index (χ4v) is 5.24. The van der Waals surface area contributed by atoms with E-state index in [9.17, 15) is 9.59 Å². The summed E-state index contributed by atoms with van der Waals surface area (Å²) in [7, 11) is 8.02. The zero-order chi connectivity index (χ0) is 28.9. The number of rotatable bonds is 12. The number of carbonyl (C=O) groups is 2. The van der Waals surface area contributed by atoms with Crippen LogP contribution in [0.25, 0.3) is 0 Å². The molecule has 2 heterocycles. The van der Waals surface area contributed by atoms with Crippen LogP contribution in [-0.4, -0.2) is 80.4 Å². The fourth-order valence-electron chi connectivity index (χ4n) is 4.84. The van der Waals surface area contributed by atoms with Crippen molar-refractivity contribution in [2.24, 2.45) is 0 Å². The molecule has 9 nitrogen and oxygen atoms in total. The molecular weight excluding hydrogens is 585 g/mol. The molecule has 2 aromatic carbocycles. The van der Waals surface area contributed by atoms with E-state index in [0.29, 0.717) is 53.7 Å². The summed E-state index contributed by atoms with van der Waals surface area (Å²) in [6.07, 6.45) is 3.96. The summed E-state index contributed by atoms with van der Waals surface area (Å²) in [4.78, 5) is 30.9. The van der Waals surface area contributed by atoms with Crippen LogP contribution < -0.4 is 38.2 Å². The number of likely N-dealkylation sites (N-methyl/N-ethyl adjacent to an activating group) is 1. The van der Waals surface area contributed by atoms with Crippen LogP contribution in [0.15, 0.2) is 67.0 Å². The van der Waals surface area contributed by atoms with Gasteiger partial charge in [0.1, 0.15) is 0 Å². The number of aromatic nitrogens is 1. The SMILES string of the molecule is CN1c2ccccc2NC1(C(=O)Nc1ccccc1N(CCCl)CCCl)n1ccc(NC(=O)CC[N+](C)(C)C)c1.[Cl-]. The number of alkyl halides is 2. The molecule has 3 N–H and O–H groups in total. The van der Waals surface area contributed by atoms with Crippen LogP contribution in [0.2, 0.25) is 0 Å². The maximum Gasteiger partial charge on any atom is 0.293 e. The molecule has 0 saturated carbocycles. The van der Waals surface area contributed by atoms with Crippen LogP contribution in [0, 0.1) is 0 Å². The van der Waals surface area contributed by atoms with E-state index in [2.05, 4.69) is 20.9 Å². The Kier molecular flexibility index (Phi) is 10.8. The van der Waals surface area contributed by atoms with E-state index in [1.165, 1.54) is 0 Å². The molecule has 0 fully saturated rings. The van der Waals surface area contributed by atoms with Crippen molar-refractivity contribution in [3.63, 3.8) is 0 Å².